The van der Waals surface area contributed by atoms with E-state index in [1.807, 2.05) is 0 Å². The molecule has 0 atom stereocenters. The van der Waals surface area contributed by atoms with Crippen LogP contribution in [-0.2, 0) is 6.54 Å². The molecule has 3 aromatic rings. The molecule has 0 saturated carbocycles. The summed E-state index contributed by atoms with van der Waals surface area (Å²) in [6.45, 7) is -0.275. The average Bonchev–Trinajstić information content (AvgIpc) is 3.12. The Morgan fingerprint density at radius 1 is 1.33 bits per heavy atom. The molecule has 0 aliphatic heterocycles. The van der Waals surface area contributed by atoms with E-state index >= 15 is 0 Å². The van der Waals surface area contributed by atoms with E-state index in [4.69, 9.17) is 27.9 Å². The van der Waals surface area contributed by atoms with Crippen LogP contribution in [0.3, 0.4) is 0 Å². The number of hydrogen-bond acceptors (Lipinski definition) is 5. The van der Waals surface area contributed by atoms with Crippen molar-refractivity contribution < 1.29 is 23.2 Å². The molecule has 0 aliphatic rings. The number of nitrogens with zero attached hydrogens (tertiary/aromatic N) is 2. The summed E-state index contributed by atoms with van der Waals surface area (Å²) in [7, 11) is 0. The fraction of sp³-hybridized carbons (Fsp3) is 0.0588. The summed E-state index contributed by atoms with van der Waals surface area (Å²) in [5, 5.41) is 13.4. The standard InChI is InChI=1S/C17H9BrCl2F2N4O4/c18-8-3-12(11(26(28)29)4-10(8)21)30-15-9(19)2-1-7(13(15)22)5-23-17(27)14-16(20)25-6-24-14/h1-4,6H,5H2,(H,23,27)(H,24,25). The molecule has 0 aliphatic carbocycles. The minimum atomic E-state index is -0.965. The summed E-state index contributed by atoms with van der Waals surface area (Å²) < 4.78 is 33.8. The minimum Gasteiger partial charge on any atom is -0.445 e. The number of imidazole rings is 1. The van der Waals surface area contributed by atoms with E-state index in [9.17, 15) is 23.7 Å². The van der Waals surface area contributed by atoms with Crippen LogP contribution in [0.4, 0.5) is 14.5 Å². The second kappa shape index (κ2) is 8.94. The molecule has 13 heteroatoms. The molecule has 0 saturated heterocycles. The van der Waals surface area contributed by atoms with Gasteiger partial charge in [-0.1, -0.05) is 29.3 Å². The number of ether oxygens (including phenoxy) is 1. The summed E-state index contributed by atoms with van der Waals surface area (Å²) in [5.74, 6) is -3.45. The highest BCUT2D eigenvalue weighted by atomic mass is 79.9. The van der Waals surface area contributed by atoms with Gasteiger partial charge in [0.15, 0.2) is 16.7 Å². The van der Waals surface area contributed by atoms with E-state index in [0.717, 1.165) is 6.07 Å². The zero-order valence-electron chi connectivity index (χ0n) is 14.5. The predicted molar refractivity (Wildman–Crippen MR) is 107 cm³/mol. The number of carbonyl (C=O) groups is 1. The van der Waals surface area contributed by atoms with Crippen LogP contribution in [0.1, 0.15) is 16.1 Å². The Bertz CT molecular complexity index is 1160. The first kappa shape index (κ1) is 21.9. The maximum Gasteiger partial charge on any atom is 0.314 e. The molecular formula is C17H9BrCl2F2N4O4. The maximum atomic E-state index is 14.9. The maximum absolute atomic E-state index is 14.9. The van der Waals surface area contributed by atoms with E-state index in [2.05, 4.69) is 31.2 Å². The summed E-state index contributed by atoms with van der Waals surface area (Å²) >= 11 is 14.6. The monoisotopic (exact) mass is 520 g/mol. The lowest BCUT2D eigenvalue weighted by Gasteiger charge is -2.13. The Morgan fingerprint density at radius 3 is 2.70 bits per heavy atom. The van der Waals surface area contributed by atoms with Crippen LogP contribution in [0.15, 0.2) is 35.1 Å². The van der Waals surface area contributed by atoms with Crippen molar-refractivity contribution in [3.8, 4) is 11.5 Å². The van der Waals surface area contributed by atoms with Gasteiger partial charge in [0, 0.05) is 18.2 Å². The molecule has 1 amide bonds. The third-order valence-electron chi connectivity index (χ3n) is 3.80. The average molecular weight is 522 g/mol. The van der Waals surface area contributed by atoms with Gasteiger partial charge in [0.25, 0.3) is 5.91 Å². The van der Waals surface area contributed by atoms with Crippen molar-refractivity contribution >= 4 is 50.7 Å². The van der Waals surface area contributed by atoms with Gasteiger partial charge in [-0.3, -0.25) is 14.9 Å². The molecule has 8 nitrogen and oxygen atoms in total. The van der Waals surface area contributed by atoms with Gasteiger partial charge in [0.2, 0.25) is 5.75 Å². The van der Waals surface area contributed by atoms with Crippen LogP contribution in [0, 0.1) is 21.7 Å². The lowest BCUT2D eigenvalue weighted by molar-refractivity contribution is -0.385. The lowest BCUT2D eigenvalue weighted by atomic mass is 10.2. The molecule has 1 heterocycles. The molecule has 0 radical (unpaired) electrons. The van der Waals surface area contributed by atoms with Crippen molar-refractivity contribution in [2.24, 2.45) is 0 Å². The Balaban J connectivity index is 1.89. The van der Waals surface area contributed by atoms with Crippen LogP contribution in [0.2, 0.25) is 10.2 Å². The number of amides is 1. The largest absolute Gasteiger partial charge is 0.445 e. The van der Waals surface area contributed by atoms with Gasteiger partial charge in [0.05, 0.1) is 26.8 Å². The molecule has 0 bridgehead atoms. The van der Waals surface area contributed by atoms with E-state index in [-0.39, 0.29) is 32.5 Å². The number of H-pyrrole nitrogens is 1. The Morgan fingerprint density at radius 2 is 2.07 bits per heavy atom. The van der Waals surface area contributed by atoms with Crippen LogP contribution < -0.4 is 10.1 Å². The number of nitro groups is 1. The molecule has 0 unspecified atom stereocenters. The molecular weight excluding hydrogens is 513 g/mol. The fourth-order valence-electron chi connectivity index (χ4n) is 2.36. The Hall–Kier alpha value is -2.76. The molecule has 2 N–H and O–H groups in total. The van der Waals surface area contributed by atoms with Gasteiger partial charge >= 0.3 is 5.69 Å². The number of benzene rings is 2. The zero-order valence-corrected chi connectivity index (χ0v) is 17.6. The van der Waals surface area contributed by atoms with Crippen LogP contribution in [0.5, 0.6) is 11.5 Å². The van der Waals surface area contributed by atoms with E-state index in [1.165, 1.54) is 18.5 Å². The minimum absolute atomic E-state index is 0.00528. The van der Waals surface area contributed by atoms with Crippen molar-refractivity contribution in [2.45, 2.75) is 6.54 Å². The van der Waals surface area contributed by atoms with Crippen molar-refractivity contribution in [3.05, 3.63) is 78.2 Å². The van der Waals surface area contributed by atoms with Crippen LogP contribution >= 0.6 is 39.1 Å². The number of carbonyl (C=O) groups excluding carboxylic acids is 1. The second-order valence-electron chi connectivity index (χ2n) is 5.69. The number of halogens is 5. The quantitative estimate of drug-likeness (QED) is 0.334. The number of hydrogen-bond donors (Lipinski definition) is 2. The van der Waals surface area contributed by atoms with Crippen molar-refractivity contribution in [2.75, 3.05) is 0 Å². The molecule has 1 aromatic heterocycles. The highest BCUT2D eigenvalue weighted by Crippen LogP contribution is 2.39. The zero-order chi connectivity index (χ0) is 22.0. The van der Waals surface area contributed by atoms with Crippen LogP contribution in [0.25, 0.3) is 0 Å². The smallest absolute Gasteiger partial charge is 0.314 e. The van der Waals surface area contributed by atoms with E-state index in [1.54, 1.807) is 0 Å². The third kappa shape index (κ3) is 4.53. The van der Waals surface area contributed by atoms with Crippen molar-refractivity contribution in [1.82, 2.24) is 15.3 Å². The molecule has 156 valence electrons. The molecule has 3 rings (SSSR count). The van der Waals surface area contributed by atoms with E-state index in [0.29, 0.717) is 6.07 Å². The van der Waals surface area contributed by atoms with Gasteiger partial charge in [0.1, 0.15) is 11.5 Å². The van der Waals surface area contributed by atoms with Gasteiger partial charge in [-0.05, 0) is 22.0 Å². The first-order valence-corrected chi connectivity index (χ1v) is 9.49. The number of nitrogens with one attached hydrogen (secondary N) is 2. The van der Waals surface area contributed by atoms with Gasteiger partial charge in [-0.15, -0.1) is 0 Å². The first-order valence-electron chi connectivity index (χ1n) is 7.94. The summed E-state index contributed by atoms with van der Waals surface area (Å²) in [5.41, 5.74) is -0.754. The number of aromatic nitrogens is 2. The molecule has 30 heavy (non-hydrogen) atoms. The highest BCUT2D eigenvalue weighted by Gasteiger charge is 2.23. The first-order chi connectivity index (χ1) is 14.2. The number of rotatable bonds is 6. The second-order valence-corrected chi connectivity index (χ2v) is 7.31. The van der Waals surface area contributed by atoms with Crippen molar-refractivity contribution in [1.29, 1.82) is 0 Å². The Labute approximate surface area is 185 Å². The highest BCUT2D eigenvalue weighted by molar-refractivity contribution is 9.10. The topological polar surface area (TPSA) is 110 Å². The Kier molecular flexibility index (Phi) is 6.54. The third-order valence-corrected chi connectivity index (χ3v) is 4.99. The molecule has 2 aromatic carbocycles. The number of nitro benzene ring substituents is 1. The lowest BCUT2D eigenvalue weighted by Crippen LogP contribution is -2.24. The van der Waals surface area contributed by atoms with Gasteiger partial charge in [-0.25, -0.2) is 13.8 Å². The van der Waals surface area contributed by atoms with Gasteiger partial charge in [-0.2, -0.15) is 0 Å². The van der Waals surface area contributed by atoms with Crippen LogP contribution in [-0.4, -0.2) is 20.8 Å². The summed E-state index contributed by atoms with van der Waals surface area (Å²) in [4.78, 5) is 28.6. The predicted octanol–water partition coefficient (Wildman–Crippen LogP) is 5.39. The number of aromatic amines is 1. The SMILES string of the molecule is O=C(NCc1ccc(Cl)c(Oc2cc(Br)c(F)cc2[N+](=O)[O-])c1F)c1[nH]cnc1Cl. The summed E-state index contributed by atoms with van der Waals surface area (Å²) in [6.07, 6.45) is 1.22. The fourth-order valence-corrected chi connectivity index (χ4v) is 3.05. The molecule has 0 spiro atoms. The summed E-state index contributed by atoms with van der Waals surface area (Å²) in [6, 6.07) is 4.20. The molecule has 0 fully saturated rings. The van der Waals surface area contributed by atoms with Gasteiger partial charge < -0.3 is 15.0 Å². The normalized spacial score (nSPS) is 10.7. The van der Waals surface area contributed by atoms with E-state index < -0.39 is 39.7 Å². The van der Waals surface area contributed by atoms with Crippen molar-refractivity contribution in [3.63, 3.8) is 0 Å².